The molecule has 20 heavy (non-hydrogen) atoms. The number of nitrogens with zero attached hydrogens (tertiary/aromatic N) is 4. The maximum Gasteiger partial charge on any atom is 0.244 e. The molecule has 0 amide bonds. The van der Waals surface area contributed by atoms with E-state index in [1.54, 1.807) is 12.3 Å². The normalized spacial score (nSPS) is 21.9. The molecular weight excluding hydrogens is 254 g/mol. The van der Waals surface area contributed by atoms with E-state index < -0.39 is 0 Å². The fourth-order valence-electron chi connectivity index (χ4n) is 2.67. The summed E-state index contributed by atoms with van der Waals surface area (Å²) in [7, 11) is 0. The number of aromatic nitrogens is 4. The van der Waals surface area contributed by atoms with Gasteiger partial charge in [0, 0.05) is 6.20 Å². The van der Waals surface area contributed by atoms with Gasteiger partial charge < -0.3 is 9.84 Å². The Balaban J connectivity index is 1.90. The lowest BCUT2D eigenvalue weighted by molar-refractivity contribution is 0.146. The van der Waals surface area contributed by atoms with Crippen LogP contribution in [0.1, 0.15) is 44.4 Å². The average molecular weight is 273 g/mol. The SMILES string of the molecule is Cc1nccc(-c2noc(C3NCCCC3(C)C)n2)n1. The third-order valence-electron chi connectivity index (χ3n) is 3.82. The van der Waals surface area contributed by atoms with Crippen molar-refractivity contribution in [1.29, 1.82) is 0 Å². The first-order valence-corrected chi connectivity index (χ1v) is 6.93. The van der Waals surface area contributed by atoms with Crippen LogP contribution in [0, 0.1) is 12.3 Å². The summed E-state index contributed by atoms with van der Waals surface area (Å²) in [6.07, 6.45) is 4.03. The van der Waals surface area contributed by atoms with Crippen molar-refractivity contribution in [3.8, 4) is 11.5 Å². The second-order valence-corrected chi connectivity index (χ2v) is 5.92. The van der Waals surface area contributed by atoms with Gasteiger partial charge in [0.1, 0.15) is 11.5 Å². The van der Waals surface area contributed by atoms with E-state index in [0.29, 0.717) is 23.2 Å². The molecule has 0 saturated carbocycles. The Morgan fingerprint density at radius 2 is 2.20 bits per heavy atom. The Morgan fingerprint density at radius 3 is 2.95 bits per heavy atom. The van der Waals surface area contributed by atoms with Gasteiger partial charge in [-0.2, -0.15) is 4.98 Å². The number of rotatable bonds is 2. The molecule has 1 aliphatic rings. The van der Waals surface area contributed by atoms with Gasteiger partial charge in [0.25, 0.3) is 0 Å². The van der Waals surface area contributed by atoms with Crippen molar-refractivity contribution in [2.24, 2.45) is 5.41 Å². The van der Waals surface area contributed by atoms with Gasteiger partial charge in [-0.1, -0.05) is 19.0 Å². The van der Waals surface area contributed by atoms with Crippen molar-refractivity contribution in [2.45, 2.75) is 39.7 Å². The van der Waals surface area contributed by atoms with Crippen molar-refractivity contribution in [3.05, 3.63) is 24.0 Å². The number of hydrogen-bond acceptors (Lipinski definition) is 6. The zero-order valence-corrected chi connectivity index (χ0v) is 12.1. The molecule has 2 aromatic rings. The van der Waals surface area contributed by atoms with E-state index >= 15 is 0 Å². The molecule has 0 radical (unpaired) electrons. The van der Waals surface area contributed by atoms with E-state index in [1.165, 1.54) is 6.42 Å². The molecular formula is C14H19N5O. The predicted octanol–water partition coefficient (Wildman–Crippen LogP) is 2.29. The van der Waals surface area contributed by atoms with Gasteiger partial charge in [0.05, 0.1) is 6.04 Å². The Hall–Kier alpha value is -1.82. The van der Waals surface area contributed by atoms with Crippen LogP contribution in [0.3, 0.4) is 0 Å². The van der Waals surface area contributed by atoms with Crippen molar-refractivity contribution in [1.82, 2.24) is 25.4 Å². The third kappa shape index (κ3) is 2.43. The topological polar surface area (TPSA) is 76.7 Å². The molecule has 0 bridgehead atoms. The van der Waals surface area contributed by atoms with Crippen LogP contribution in [0.15, 0.2) is 16.8 Å². The fourth-order valence-corrected chi connectivity index (χ4v) is 2.67. The van der Waals surface area contributed by atoms with Crippen LogP contribution in [0.4, 0.5) is 0 Å². The van der Waals surface area contributed by atoms with E-state index in [0.717, 1.165) is 13.0 Å². The number of piperidine rings is 1. The first kappa shape index (κ1) is 13.2. The monoisotopic (exact) mass is 273 g/mol. The highest BCUT2D eigenvalue weighted by molar-refractivity contribution is 5.47. The largest absolute Gasteiger partial charge is 0.337 e. The summed E-state index contributed by atoms with van der Waals surface area (Å²) in [5.74, 6) is 1.86. The maximum absolute atomic E-state index is 5.45. The van der Waals surface area contributed by atoms with Crippen LogP contribution < -0.4 is 5.32 Å². The van der Waals surface area contributed by atoms with Crippen LogP contribution in [-0.4, -0.2) is 26.7 Å². The molecule has 3 rings (SSSR count). The Kier molecular flexibility index (Phi) is 3.25. The van der Waals surface area contributed by atoms with Crippen LogP contribution in [0.25, 0.3) is 11.5 Å². The summed E-state index contributed by atoms with van der Waals surface area (Å²) >= 11 is 0. The Labute approximate surface area is 118 Å². The molecule has 6 heteroatoms. The molecule has 1 aliphatic heterocycles. The zero-order chi connectivity index (χ0) is 14.2. The summed E-state index contributed by atoms with van der Waals surface area (Å²) in [4.78, 5) is 12.9. The number of aryl methyl sites for hydroxylation is 1. The summed E-state index contributed by atoms with van der Waals surface area (Å²) in [6.45, 7) is 7.28. The van der Waals surface area contributed by atoms with E-state index in [9.17, 15) is 0 Å². The highest BCUT2D eigenvalue weighted by Gasteiger charge is 2.37. The summed E-state index contributed by atoms with van der Waals surface area (Å²) < 4.78 is 5.45. The van der Waals surface area contributed by atoms with Gasteiger partial charge in [-0.15, -0.1) is 0 Å². The average Bonchev–Trinajstić information content (AvgIpc) is 2.87. The van der Waals surface area contributed by atoms with Gasteiger partial charge in [-0.25, -0.2) is 9.97 Å². The molecule has 1 atom stereocenters. The minimum Gasteiger partial charge on any atom is -0.337 e. The summed E-state index contributed by atoms with van der Waals surface area (Å²) in [5.41, 5.74) is 0.810. The van der Waals surface area contributed by atoms with Gasteiger partial charge >= 0.3 is 0 Å². The second-order valence-electron chi connectivity index (χ2n) is 5.92. The van der Waals surface area contributed by atoms with Gasteiger partial charge in [-0.3, -0.25) is 0 Å². The van der Waals surface area contributed by atoms with Gasteiger partial charge in [0.2, 0.25) is 11.7 Å². The van der Waals surface area contributed by atoms with Crippen molar-refractivity contribution < 1.29 is 4.52 Å². The quantitative estimate of drug-likeness (QED) is 0.904. The van der Waals surface area contributed by atoms with Crippen molar-refractivity contribution in [3.63, 3.8) is 0 Å². The molecule has 0 spiro atoms. The molecule has 2 aromatic heterocycles. The highest BCUT2D eigenvalue weighted by atomic mass is 16.5. The molecule has 1 saturated heterocycles. The van der Waals surface area contributed by atoms with Gasteiger partial charge in [-0.05, 0) is 37.8 Å². The van der Waals surface area contributed by atoms with Crippen molar-refractivity contribution >= 4 is 0 Å². The number of nitrogens with one attached hydrogen (secondary N) is 1. The molecule has 106 valence electrons. The lowest BCUT2D eigenvalue weighted by Crippen LogP contribution is -2.39. The van der Waals surface area contributed by atoms with Gasteiger partial charge in [0.15, 0.2) is 0 Å². The van der Waals surface area contributed by atoms with Crippen LogP contribution in [0.2, 0.25) is 0 Å². The standard InChI is InChI=1S/C14H19N5O/c1-9-15-8-5-10(17-9)12-18-13(20-19-12)11-14(2,3)6-4-7-16-11/h5,8,11,16H,4,6-7H2,1-3H3. The Morgan fingerprint density at radius 1 is 1.35 bits per heavy atom. The maximum atomic E-state index is 5.45. The van der Waals surface area contributed by atoms with Crippen LogP contribution in [-0.2, 0) is 0 Å². The molecule has 1 unspecified atom stereocenters. The molecule has 0 aromatic carbocycles. The highest BCUT2D eigenvalue weighted by Crippen LogP contribution is 2.39. The first-order valence-electron chi connectivity index (χ1n) is 6.93. The smallest absolute Gasteiger partial charge is 0.244 e. The molecule has 1 fully saturated rings. The Bertz CT molecular complexity index is 607. The number of hydrogen-bond donors (Lipinski definition) is 1. The van der Waals surface area contributed by atoms with E-state index in [4.69, 9.17) is 4.52 Å². The minimum absolute atomic E-state index is 0.0976. The summed E-state index contributed by atoms with van der Waals surface area (Å²) in [6, 6.07) is 1.89. The third-order valence-corrected chi connectivity index (χ3v) is 3.82. The van der Waals surface area contributed by atoms with E-state index in [2.05, 4.69) is 39.3 Å². The van der Waals surface area contributed by atoms with E-state index in [1.807, 2.05) is 6.92 Å². The lowest BCUT2D eigenvalue weighted by Gasteiger charge is -2.36. The molecule has 0 aliphatic carbocycles. The molecule has 6 nitrogen and oxygen atoms in total. The van der Waals surface area contributed by atoms with Crippen LogP contribution >= 0.6 is 0 Å². The fraction of sp³-hybridized carbons (Fsp3) is 0.571. The zero-order valence-electron chi connectivity index (χ0n) is 12.1. The molecule has 1 N–H and O–H groups in total. The first-order chi connectivity index (χ1) is 9.56. The predicted molar refractivity (Wildman–Crippen MR) is 73.8 cm³/mol. The van der Waals surface area contributed by atoms with Crippen LogP contribution in [0.5, 0.6) is 0 Å². The lowest BCUT2D eigenvalue weighted by atomic mass is 9.77. The minimum atomic E-state index is 0.0976. The summed E-state index contributed by atoms with van der Waals surface area (Å²) in [5, 5.41) is 7.52. The van der Waals surface area contributed by atoms with Crippen molar-refractivity contribution in [2.75, 3.05) is 6.54 Å². The second kappa shape index (κ2) is 4.94. The molecule has 3 heterocycles. The van der Waals surface area contributed by atoms with E-state index in [-0.39, 0.29) is 11.5 Å².